The Balaban J connectivity index is 2.34. The van der Waals surface area contributed by atoms with Crippen LogP contribution in [0, 0.1) is 5.82 Å². The van der Waals surface area contributed by atoms with Crippen molar-refractivity contribution in [2.75, 3.05) is 0 Å². The topological polar surface area (TPSA) is 38.9 Å². The monoisotopic (exact) mass is 354 g/mol. The second-order valence-electron chi connectivity index (χ2n) is 3.71. The number of thiazole rings is 1. The molecule has 0 aliphatic carbocycles. The molecular formula is C11H7BrF4N2S. The first-order chi connectivity index (χ1) is 8.79. The zero-order chi connectivity index (χ0) is 14.2. The lowest BCUT2D eigenvalue weighted by Gasteiger charge is -2.11. The minimum atomic E-state index is -4.48. The number of nitrogens with two attached hydrogens (primary N) is 1. The van der Waals surface area contributed by atoms with Gasteiger partial charge in [0.2, 0.25) is 0 Å². The molecule has 102 valence electrons. The van der Waals surface area contributed by atoms with Gasteiger partial charge in [0.1, 0.15) is 5.82 Å². The second kappa shape index (κ2) is 5.18. The van der Waals surface area contributed by atoms with Gasteiger partial charge in [0, 0.05) is 15.5 Å². The quantitative estimate of drug-likeness (QED) is 0.824. The predicted molar refractivity (Wildman–Crippen MR) is 67.2 cm³/mol. The number of halogens is 5. The average molecular weight is 355 g/mol. The van der Waals surface area contributed by atoms with Gasteiger partial charge in [-0.05, 0) is 17.7 Å². The number of hydrogen-bond donors (Lipinski definition) is 1. The standard InChI is InChI=1S/C11H7BrF4N2S/c12-7-3-5(13)1-2-6(7)9(17)8-4-18-10(19-8)11(14,15)16/h1-4,9H,17H2. The first kappa shape index (κ1) is 14.4. The van der Waals surface area contributed by atoms with Crippen LogP contribution in [-0.2, 0) is 6.18 Å². The lowest BCUT2D eigenvalue weighted by Crippen LogP contribution is -2.11. The van der Waals surface area contributed by atoms with Crippen molar-refractivity contribution < 1.29 is 17.6 Å². The van der Waals surface area contributed by atoms with Crippen molar-refractivity contribution in [3.05, 3.63) is 50.1 Å². The molecule has 2 N–H and O–H groups in total. The highest BCUT2D eigenvalue weighted by molar-refractivity contribution is 9.10. The summed E-state index contributed by atoms with van der Waals surface area (Å²) in [5, 5.41) is -0.948. The molecule has 0 fully saturated rings. The molecule has 0 aliphatic heterocycles. The summed E-state index contributed by atoms with van der Waals surface area (Å²) in [4.78, 5) is 3.57. The molecule has 0 spiro atoms. The summed E-state index contributed by atoms with van der Waals surface area (Å²) >= 11 is 3.61. The van der Waals surface area contributed by atoms with E-state index in [1.54, 1.807) is 0 Å². The van der Waals surface area contributed by atoms with E-state index in [0.29, 0.717) is 21.4 Å². The fourth-order valence-corrected chi connectivity index (χ4v) is 2.87. The van der Waals surface area contributed by atoms with Crippen LogP contribution < -0.4 is 5.73 Å². The normalized spacial score (nSPS) is 13.6. The van der Waals surface area contributed by atoms with Gasteiger partial charge in [-0.3, -0.25) is 0 Å². The molecule has 1 atom stereocenters. The van der Waals surface area contributed by atoms with Gasteiger partial charge in [0.15, 0.2) is 5.01 Å². The lowest BCUT2D eigenvalue weighted by molar-refractivity contribution is -0.137. The van der Waals surface area contributed by atoms with Crippen LogP contribution in [0.3, 0.4) is 0 Å². The van der Waals surface area contributed by atoms with E-state index in [-0.39, 0.29) is 4.88 Å². The summed E-state index contributed by atoms with van der Waals surface area (Å²) in [6, 6.07) is 3.05. The van der Waals surface area contributed by atoms with Crippen molar-refractivity contribution >= 4 is 27.3 Å². The Bertz CT molecular complexity index is 597. The Morgan fingerprint density at radius 1 is 1.32 bits per heavy atom. The number of hydrogen-bond acceptors (Lipinski definition) is 3. The number of nitrogens with zero attached hydrogens (tertiary/aromatic N) is 1. The van der Waals surface area contributed by atoms with Crippen LogP contribution in [0.25, 0.3) is 0 Å². The summed E-state index contributed by atoms with van der Waals surface area (Å²) in [5.41, 5.74) is 6.37. The van der Waals surface area contributed by atoms with Crippen molar-refractivity contribution in [3.8, 4) is 0 Å². The minimum absolute atomic E-state index is 0.264. The van der Waals surface area contributed by atoms with Crippen LogP contribution in [0.2, 0.25) is 0 Å². The van der Waals surface area contributed by atoms with Gasteiger partial charge in [-0.1, -0.05) is 22.0 Å². The molecule has 1 aromatic carbocycles. The highest BCUT2D eigenvalue weighted by Crippen LogP contribution is 2.36. The molecule has 0 amide bonds. The Kier molecular flexibility index (Phi) is 3.93. The molecule has 2 rings (SSSR count). The van der Waals surface area contributed by atoms with E-state index in [0.717, 1.165) is 6.20 Å². The Morgan fingerprint density at radius 2 is 2.00 bits per heavy atom. The van der Waals surface area contributed by atoms with Crippen LogP contribution in [0.1, 0.15) is 21.5 Å². The molecular weight excluding hydrogens is 348 g/mol. The van der Waals surface area contributed by atoms with E-state index in [1.807, 2.05) is 0 Å². The van der Waals surface area contributed by atoms with Gasteiger partial charge in [-0.15, -0.1) is 11.3 Å². The fraction of sp³-hybridized carbons (Fsp3) is 0.182. The maximum atomic E-state index is 12.9. The molecule has 0 saturated carbocycles. The zero-order valence-electron chi connectivity index (χ0n) is 9.21. The molecule has 1 aromatic heterocycles. The van der Waals surface area contributed by atoms with Crippen LogP contribution in [0.15, 0.2) is 28.9 Å². The maximum Gasteiger partial charge on any atom is 0.443 e. The molecule has 1 heterocycles. The third-order valence-electron chi connectivity index (χ3n) is 2.37. The summed E-state index contributed by atoms with van der Waals surface area (Å²) in [5.74, 6) is -0.455. The maximum absolute atomic E-state index is 12.9. The molecule has 8 heteroatoms. The van der Waals surface area contributed by atoms with Gasteiger partial charge in [-0.2, -0.15) is 13.2 Å². The Labute approximate surface area is 118 Å². The molecule has 2 nitrogen and oxygen atoms in total. The van der Waals surface area contributed by atoms with Gasteiger partial charge >= 0.3 is 6.18 Å². The Hall–Kier alpha value is -0.990. The second-order valence-corrected chi connectivity index (χ2v) is 5.63. The highest BCUT2D eigenvalue weighted by Gasteiger charge is 2.35. The molecule has 19 heavy (non-hydrogen) atoms. The van der Waals surface area contributed by atoms with E-state index in [4.69, 9.17) is 5.73 Å². The summed E-state index contributed by atoms with van der Waals surface area (Å²) in [6.45, 7) is 0. The molecule has 0 saturated heterocycles. The number of aromatic nitrogens is 1. The molecule has 1 unspecified atom stereocenters. The van der Waals surface area contributed by atoms with E-state index < -0.39 is 23.0 Å². The van der Waals surface area contributed by atoms with Gasteiger partial charge in [-0.25, -0.2) is 9.37 Å². The van der Waals surface area contributed by atoms with E-state index >= 15 is 0 Å². The average Bonchev–Trinajstić information content (AvgIpc) is 2.76. The summed E-state index contributed by atoms with van der Waals surface area (Å²) in [6.07, 6.45) is -3.39. The largest absolute Gasteiger partial charge is 0.443 e. The molecule has 0 radical (unpaired) electrons. The molecule has 0 aliphatic rings. The van der Waals surface area contributed by atoms with Crippen LogP contribution in [0.5, 0.6) is 0 Å². The van der Waals surface area contributed by atoms with E-state index in [2.05, 4.69) is 20.9 Å². The van der Waals surface area contributed by atoms with Crippen LogP contribution in [-0.4, -0.2) is 4.98 Å². The molecule has 2 aromatic rings. The summed E-state index contributed by atoms with van der Waals surface area (Å²) in [7, 11) is 0. The third kappa shape index (κ3) is 3.13. The van der Waals surface area contributed by atoms with Crippen molar-refractivity contribution in [2.24, 2.45) is 5.73 Å². The van der Waals surface area contributed by atoms with Crippen molar-refractivity contribution in [1.29, 1.82) is 0 Å². The summed E-state index contributed by atoms with van der Waals surface area (Å²) < 4.78 is 50.7. The predicted octanol–water partition coefficient (Wildman–Crippen LogP) is 4.11. The first-order valence-corrected chi connectivity index (χ1v) is 6.63. The lowest BCUT2D eigenvalue weighted by atomic mass is 10.1. The third-order valence-corrected chi connectivity index (χ3v) is 4.18. The molecule has 0 bridgehead atoms. The van der Waals surface area contributed by atoms with Crippen LogP contribution >= 0.6 is 27.3 Å². The smallest absolute Gasteiger partial charge is 0.320 e. The number of benzene rings is 1. The van der Waals surface area contributed by atoms with Crippen molar-refractivity contribution in [1.82, 2.24) is 4.98 Å². The zero-order valence-corrected chi connectivity index (χ0v) is 11.6. The first-order valence-electron chi connectivity index (χ1n) is 5.02. The van der Waals surface area contributed by atoms with E-state index in [1.165, 1.54) is 18.2 Å². The number of rotatable bonds is 2. The number of alkyl halides is 3. The van der Waals surface area contributed by atoms with Crippen molar-refractivity contribution in [2.45, 2.75) is 12.2 Å². The fourth-order valence-electron chi connectivity index (χ4n) is 1.47. The SMILES string of the molecule is NC(c1cnc(C(F)(F)F)s1)c1ccc(F)cc1Br. The van der Waals surface area contributed by atoms with E-state index in [9.17, 15) is 17.6 Å². The highest BCUT2D eigenvalue weighted by atomic mass is 79.9. The van der Waals surface area contributed by atoms with Gasteiger partial charge < -0.3 is 5.73 Å². The minimum Gasteiger partial charge on any atom is -0.320 e. The van der Waals surface area contributed by atoms with Gasteiger partial charge in [0.25, 0.3) is 0 Å². The van der Waals surface area contributed by atoms with Crippen molar-refractivity contribution in [3.63, 3.8) is 0 Å². The van der Waals surface area contributed by atoms with Gasteiger partial charge in [0.05, 0.1) is 6.04 Å². The Morgan fingerprint density at radius 3 is 2.53 bits per heavy atom. The van der Waals surface area contributed by atoms with Crippen LogP contribution in [0.4, 0.5) is 17.6 Å².